The predicted molar refractivity (Wildman–Crippen MR) is 241 cm³/mol. The summed E-state index contributed by atoms with van der Waals surface area (Å²) < 4.78 is 0. The summed E-state index contributed by atoms with van der Waals surface area (Å²) >= 11 is 0. The average molecular weight is 766 g/mol. The van der Waals surface area contributed by atoms with Gasteiger partial charge in [0.15, 0.2) is 5.82 Å². The number of rotatable bonds is 6. The van der Waals surface area contributed by atoms with Gasteiger partial charge < -0.3 is 0 Å². The molecule has 5 heterocycles. The molecular formula is C53H31N7. The molecule has 6 aromatic carbocycles. The van der Waals surface area contributed by atoms with E-state index in [0.29, 0.717) is 11.4 Å². The number of fused-ring (bicyclic) bond motifs is 6. The molecule has 0 aliphatic heterocycles. The molecule has 5 aromatic heterocycles. The third kappa shape index (κ3) is 6.35. The second kappa shape index (κ2) is 14.5. The monoisotopic (exact) mass is 765 g/mol. The molecule has 0 aliphatic rings. The van der Waals surface area contributed by atoms with Crippen molar-refractivity contribution in [3.8, 4) is 73.6 Å². The highest BCUT2D eigenvalue weighted by Crippen LogP contribution is 2.33. The van der Waals surface area contributed by atoms with E-state index in [1.165, 1.54) is 0 Å². The second-order valence-corrected chi connectivity index (χ2v) is 14.7. The summed E-state index contributed by atoms with van der Waals surface area (Å²) in [4.78, 5) is 29.7. The SMILES string of the molecule is N#Cc1ccc(-c2ccc(-c3nc(-c4ccc(-c5ccc6ccc7cccnc7c6n5)cc4)cc(-c4ccc(-c5ccc6ccc7cccnc7c6n5)cc4)n3)cc2)cc1. The molecule has 0 fully saturated rings. The highest BCUT2D eigenvalue weighted by Gasteiger charge is 2.14. The molecule has 11 aromatic rings. The fraction of sp³-hybridized carbons (Fsp3) is 0. The van der Waals surface area contributed by atoms with Crippen molar-refractivity contribution in [1.29, 1.82) is 5.26 Å². The van der Waals surface area contributed by atoms with E-state index in [1.54, 1.807) is 0 Å². The Morgan fingerprint density at radius 3 is 1.13 bits per heavy atom. The van der Waals surface area contributed by atoms with Gasteiger partial charge in [-0.05, 0) is 53.6 Å². The fourth-order valence-corrected chi connectivity index (χ4v) is 7.81. The summed E-state index contributed by atoms with van der Waals surface area (Å²) in [5.41, 5.74) is 14.5. The van der Waals surface area contributed by atoms with Crippen LogP contribution < -0.4 is 0 Å². The number of nitriles is 1. The molecule has 7 heteroatoms. The van der Waals surface area contributed by atoms with Gasteiger partial charge in [0.25, 0.3) is 0 Å². The van der Waals surface area contributed by atoms with Crippen molar-refractivity contribution < 1.29 is 0 Å². The first-order valence-corrected chi connectivity index (χ1v) is 19.6. The van der Waals surface area contributed by atoms with Crippen molar-refractivity contribution in [2.24, 2.45) is 0 Å². The number of pyridine rings is 4. The van der Waals surface area contributed by atoms with Crippen LogP contribution in [0.5, 0.6) is 0 Å². The van der Waals surface area contributed by atoms with Crippen LogP contribution in [0.25, 0.3) is 111 Å². The number of aromatic nitrogens is 6. The van der Waals surface area contributed by atoms with Gasteiger partial charge in [0.2, 0.25) is 0 Å². The molecule has 0 saturated heterocycles. The van der Waals surface area contributed by atoms with E-state index in [9.17, 15) is 5.26 Å². The summed E-state index contributed by atoms with van der Waals surface area (Å²) in [6, 6.07) is 61.6. The molecule has 11 rings (SSSR count). The molecule has 0 atom stereocenters. The topological polar surface area (TPSA) is 101 Å². The van der Waals surface area contributed by atoms with Crippen molar-refractivity contribution in [2.75, 3.05) is 0 Å². The van der Waals surface area contributed by atoms with Crippen LogP contribution in [0.4, 0.5) is 0 Å². The van der Waals surface area contributed by atoms with Gasteiger partial charge in [-0.3, -0.25) is 9.97 Å². The Bertz CT molecular complexity index is 3280. The minimum atomic E-state index is 0.619. The van der Waals surface area contributed by atoms with Crippen molar-refractivity contribution in [3.05, 3.63) is 194 Å². The summed E-state index contributed by atoms with van der Waals surface area (Å²) in [7, 11) is 0. The first kappa shape index (κ1) is 34.8. The van der Waals surface area contributed by atoms with Crippen LogP contribution in [0.2, 0.25) is 0 Å². The first-order chi connectivity index (χ1) is 29.6. The Balaban J connectivity index is 0.967. The van der Waals surface area contributed by atoms with Crippen LogP contribution in [-0.4, -0.2) is 29.9 Å². The van der Waals surface area contributed by atoms with E-state index in [1.807, 2.05) is 48.8 Å². The molecule has 0 radical (unpaired) electrons. The molecule has 0 spiro atoms. The summed E-state index contributed by atoms with van der Waals surface area (Å²) in [6.07, 6.45) is 3.63. The van der Waals surface area contributed by atoms with Gasteiger partial charge >= 0.3 is 0 Å². The van der Waals surface area contributed by atoms with E-state index >= 15 is 0 Å². The van der Waals surface area contributed by atoms with E-state index in [0.717, 1.165) is 105 Å². The van der Waals surface area contributed by atoms with E-state index in [2.05, 4.69) is 156 Å². The first-order valence-electron chi connectivity index (χ1n) is 19.6. The van der Waals surface area contributed by atoms with Crippen LogP contribution >= 0.6 is 0 Å². The summed E-state index contributed by atoms with van der Waals surface area (Å²) in [5, 5.41) is 13.5. The van der Waals surface area contributed by atoms with Gasteiger partial charge in [0.05, 0.1) is 56.5 Å². The molecule has 0 unspecified atom stereocenters. The number of benzene rings is 6. The largest absolute Gasteiger partial charge is 0.254 e. The third-order valence-electron chi connectivity index (χ3n) is 11.0. The normalized spacial score (nSPS) is 11.3. The zero-order chi connectivity index (χ0) is 40.0. The quantitative estimate of drug-likeness (QED) is 0.155. The molecule has 0 saturated carbocycles. The van der Waals surface area contributed by atoms with Gasteiger partial charge in [0, 0.05) is 61.8 Å². The van der Waals surface area contributed by atoms with Crippen molar-refractivity contribution in [3.63, 3.8) is 0 Å². The van der Waals surface area contributed by atoms with Gasteiger partial charge in [0.1, 0.15) is 0 Å². The Labute approximate surface area is 345 Å². The number of nitrogens with zero attached hydrogens (tertiary/aromatic N) is 7. The zero-order valence-corrected chi connectivity index (χ0v) is 32.0. The minimum Gasteiger partial charge on any atom is -0.254 e. The minimum absolute atomic E-state index is 0.619. The lowest BCUT2D eigenvalue weighted by molar-refractivity contribution is 1.18. The predicted octanol–water partition coefficient (Wildman–Crippen LogP) is 12.5. The highest BCUT2D eigenvalue weighted by molar-refractivity contribution is 6.04. The Morgan fingerprint density at radius 2 is 0.683 bits per heavy atom. The molecule has 0 aliphatic carbocycles. The van der Waals surface area contributed by atoms with Gasteiger partial charge in [-0.2, -0.15) is 5.26 Å². The summed E-state index contributed by atoms with van der Waals surface area (Å²) in [5.74, 6) is 0.619. The lowest BCUT2D eigenvalue weighted by atomic mass is 10.0. The fourth-order valence-electron chi connectivity index (χ4n) is 7.81. The lowest BCUT2D eigenvalue weighted by Crippen LogP contribution is -1.96. The van der Waals surface area contributed by atoms with E-state index in [4.69, 9.17) is 19.9 Å². The van der Waals surface area contributed by atoms with Crippen molar-refractivity contribution in [1.82, 2.24) is 29.9 Å². The smallest absolute Gasteiger partial charge is 0.160 e. The van der Waals surface area contributed by atoms with Crippen LogP contribution in [0.15, 0.2) is 188 Å². The lowest BCUT2D eigenvalue weighted by Gasteiger charge is -2.11. The molecule has 7 nitrogen and oxygen atoms in total. The van der Waals surface area contributed by atoms with Crippen LogP contribution in [0, 0.1) is 11.3 Å². The molecule has 60 heavy (non-hydrogen) atoms. The third-order valence-corrected chi connectivity index (χ3v) is 11.0. The van der Waals surface area contributed by atoms with E-state index < -0.39 is 0 Å². The van der Waals surface area contributed by atoms with Gasteiger partial charge in [-0.1, -0.05) is 133 Å². The Morgan fingerprint density at radius 1 is 0.317 bits per heavy atom. The maximum absolute atomic E-state index is 9.26. The maximum atomic E-state index is 9.26. The number of hydrogen-bond donors (Lipinski definition) is 0. The molecule has 0 N–H and O–H groups in total. The summed E-state index contributed by atoms with van der Waals surface area (Å²) in [6.45, 7) is 0. The molecular weight excluding hydrogens is 735 g/mol. The van der Waals surface area contributed by atoms with Crippen LogP contribution in [-0.2, 0) is 0 Å². The van der Waals surface area contributed by atoms with Crippen molar-refractivity contribution >= 4 is 43.6 Å². The van der Waals surface area contributed by atoms with Gasteiger partial charge in [-0.25, -0.2) is 19.9 Å². The van der Waals surface area contributed by atoms with Crippen LogP contribution in [0.3, 0.4) is 0 Å². The zero-order valence-electron chi connectivity index (χ0n) is 32.0. The second-order valence-electron chi connectivity index (χ2n) is 14.7. The Hall–Kier alpha value is -8.47. The van der Waals surface area contributed by atoms with Crippen molar-refractivity contribution in [2.45, 2.75) is 0 Å². The van der Waals surface area contributed by atoms with Crippen LogP contribution in [0.1, 0.15) is 5.56 Å². The maximum Gasteiger partial charge on any atom is 0.160 e. The highest BCUT2D eigenvalue weighted by atomic mass is 14.9. The standard InChI is InChI=1S/C53H31N7/c54-32-33-5-7-34(8-6-33)35-9-23-44(24-10-35)53-59-47(38-15-11-36(12-16-38)45-27-25-42-21-19-40-3-1-29-55-49(40)51(42)57-45)31-48(60-53)39-17-13-37(14-18-39)46-28-26-43-22-20-41-4-2-30-56-50(41)52(43)58-46/h1-31H. The molecule has 278 valence electrons. The average Bonchev–Trinajstić information content (AvgIpc) is 3.33. The number of hydrogen-bond acceptors (Lipinski definition) is 7. The van der Waals surface area contributed by atoms with E-state index in [-0.39, 0.29) is 0 Å². The van der Waals surface area contributed by atoms with Gasteiger partial charge in [-0.15, -0.1) is 0 Å². The Kier molecular flexibility index (Phi) is 8.39. The molecule has 0 amide bonds. The molecule has 0 bridgehead atoms.